The van der Waals surface area contributed by atoms with E-state index in [1.54, 1.807) is 0 Å². The van der Waals surface area contributed by atoms with Crippen molar-refractivity contribution in [1.29, 1.82) is 0 Å². The zero-order valence-electron chi connectivity index (χ0n) is 5.56. The summed E-state index contributed by atoms with van der Waals surface area (Å²) in [6, 6.07) is 0. The minimum Gasteiger partial charge on any atom is -0.331 e. The van der Waals surface area contributed by atoms with Crippen LogP contribution in [-0.4, -0.2) is 32.2 Å². The lowest BCUT2D eigenvalue weighted by atomic mass is 10.6. The highest BCUT2D eigenvalue weighted by molar-refractivity contribution is 5.85. The molecule has 0 amide bonds. The standard InChI is InChI=1S/C5H14N.ClH/c1-5-6(2,3)4;/h5H2,1-4H3;1H/q+1;. The Kier molecular flexibility index (Phi) is 4.81. The normalized spacial score (nSPS) is 10.3. The summed E-state index contributed by atoms with van der Waals surface area (Å²) in [6.07, 6.45) is 0. The van der Waals surface area contributed by atoms with E-state index in [-0.39, 0.29) is 12.4 Å². The van der Waals surface area contributed by atoms with E-state index in [1.807, 2.05) is 0 Å². The molecule has 0 aromatic rings. The van der Waals surface area contributed by atoms with Gasteiger partial charge in [-0.15, -0.1) is 12.4 Å². The third-order valence-electron chi connectivity index (χ3n) is 0.949. The van der Waals surface area contributed by atoms with E-state index < -0.39 is 0 Å². The second kappa shape index (κ2) is 3.28. The molecule has 2 heteroatoms. The molecular formula is C5H15ClN+. The summed E-state index contributed by atoms with van der Waals surface area (Å²) in [5.41, 5.74) is 0. The second-order valence-corrected chi connectivity index (χ2v) is 2.61. The topological polar surface area (TPSA) is 0 Å². The first-order valence-corrected chi connectivity index (χ1v) is 2.36. The summed E-state index contributed by atoms with van der Waals surface area (Å²) in [7, 11) is 6.54. The maximum absolute atomic E-state index is 2.18. The van der Waals surface area contributed by atoms with Crippen molar-refractivity contribution in [2.75, 3.05) is 27.7 Å². The van der Waals surface area contributed by atoms with Gasteiger partial charge in [-0.2, -0.15) is 0 Å². The number of rotatable bonds is 1. The average Bonchev–Trinajstić information content (AvgIpc) is 1.35. The van der Waals surface area contributed by atoms with E-state index in [9.17, 15) is 0 Å². The first-order valence-electron chi connectivity index (χ1n) is 2.36. The molecule has 46 valence electrons. The monoisotopic (exact) mass is 124 g/mol. The first-order chi connectivity index (χ1) is 2.56. The van der Waals surface area contributed by atoms with Crippen molar-refractivity contribution in [2.45, 2.75) is 6.92 Å². The lowest BCUT2D eigenvalue weighted by Crippen LogP contribution is -2.33. The van der Waals surface area contributed by atoms with Crippen molar-refractivity contribution in [3.05, 3.63) is 0 Å². The fourth-order valence-corrected chi connectivity index (χ4v) is 0. The van der Waals surface area contributed by atoms with Gasteiger partial charge in [0, 0.05) is 0 Å². The molecule has 0 aromatic carbocycles. The van der Waals surface area contributed by atoms with Gasteiger partial charge in [0.05, 0.1) is 27.7 Å². The molecule has 0 aliphatic heterocycles. The molecular weight excluding hydrogens is 110 g/mol. The van der Waals surface area contributed by atoms with E-state index in [2.05, 4.69) is 28.1 Å². The molecule has 0 aliphatic carbocycles. The highest BCUT2D eigenvalue weighted by atomic mass is 35.5. The number of hydrogen-bond acceptors (Lipinski definition) is 0. The van der Waals surface area contributed by atoms with Crippen molar-refractivity contribution < 1.29 is 4.48 Å². The van der Waals surface area contributed by atoms with Gasteiger partial charge in [0.15, 0.2) is 0 Å². The maximum Gasteiger partial charge on any atom is 0.0751 e. The van der Waals surface area contributed by atoms with Gasteiger partial charge >= 0.3 is 0 Å². The third kappa shape index (κ3) is 10.7. The van der Waals surface area contributed by atoms with Gasteiger partial charge in [0.2, 0.25) is 0 Å². The van der Waals surface area contributed by atoms with Gasteiger partial charge in [0.25, 0.3) is 0 Å². The van der Waals surface area contributed by atoms with Crippen LogP contribution >= 0.6 is 12.4 Å². The Morgan fingerprint density at radius 2 is 1.29 bits per heavy atom. The molecule has 0 radical (unpaired) electrons. The molecule has 0 aliphatic rings. The van der Waals surface area contributed by atoms with E-state index in [0.717, 1.165) is 4.48 Å². The van der Waals surface area contributed by atoms with Crippen molar-refractivity contribution in [2.24, 2.45) is 0 Å². The van der Waals surface area contributed by atoms with E-state index in [0.29, 0.717) is 0 Å². The van der Waals surface area contributed by atoms with E-state index in [1.165, 1.54) is 6.54 Å². The molecule has 0 spiro atoms. The summed E-state index contributed by atoms with van der Waals surface area (Å²) >= 11 is 0. The number of quaternary nitrogens is 1. The van der Waals surface area contributed by atoms with E-state index >= 15 is 0 Å². The summed E-state index contributed by atoms with van der Waals surface area (Å²) in [5.74, 6) is 0. The summed E-state index contributed by atoms with van der Waals surface area (Å²) in [4.78, 5) is 0. The third-order valence-corrected chi connectivity index (χ3v) is 0.949. The molecule has 1 nitrogen and oxygen atoms in total. The molecule has 0 fully saturated rings. The number of halogens is 1. The van der Waals surface area contributed by atoms with Gasteiger partial charge in [0.1, 0.15) is 0 Å². The van der Waals surface area contributed by atoms with Gasteiger partial charge < -0.3 is 4.48 Å². The smallest absolute Gasteiger partial charge is 0.0751 e. The van der Waals surface area contributed by atoms with Gasteiger partial charge in [-0.25, -0.2) is 0 Å². The quantitative estimate of drug-likeness (QED) is 0.460. The molecule has 7 heavy (non-hydrogen) atoms. The summed E-state index contributed by atoms with van der Waals surface area (Å²) < 4.78 is 1.07. The fourth-order valence-electron chi connectivity index (χ4n) is 0. The summed E-state index contributed by atoms with van der Waals surface area (Å²) in [6.45, 7) is 3.39. The fraction of sp³-hybridized carbons (Fsp3) is 1.00. The SMILES string of the molecule is CC[N+](C)(C)C.Cl. The number of hydrogen-bond donors (Lipinski definition) is 0. The second-order valence-electron chi connectivity index (χ2n) is 2.61. The molecule has 0 N–H and O–H groups in total. The van der Waals surface area contributed by atoms with Crippen LogP contribution in [-0.2, 0) is 0 Å². The van der Waals surface area contributed by atoms with Crippen molar-refractivity contribution in [1.82, 2.24) is 0 Å². The Hall–Kier alpha value is 0.250. The van der Waals surface area contributed by atoms with Gasteiger partial charge in [-0.1, -0.05) is 0 Å². The zero-order valence-corrected chi connectivity index (χ0v) is 6.38. The summed E-state index contributed by atoms with van der Waals surface area (Å²) in [5, 5.41) is 0. The Labute approximate surface area is 52.3 Å². The molecule has 0 atom stereocenters. The Morgan fingerprint density at radius 3 is 1.29 bits per heavy atom. The van der Waals surface area contributed by atoms with Crippen LogP contribution in [0.15, 0.2) is 0 Å². The lowest BCUT2D eigenvalue weighted by Gasteiger charge is -2.20. The van der Waals surface area contributed by atoms with Crippen LogP contribution < -0.4 is 0 Å². The molecule has 0 bridgehead atoms. The molecule has 0 heterocycles. The van der Waals surface area contributed by atoms with Crippen molar-refractivity contribution >= 4 is 12.4 Å². The minimum absolute atomic E-state index is 0. The highest BCUT2D eigenvalue weighted by Gasteiger charge is 1.97. The van der Waals surface area contributed by atoms with Crippen LogP contribution in [0.25, 0.3) is 0 Å². The van der Waals surface area contributed by atoms with Crippen molar-refractivity contribution in [3.63, 3.8) is 0 Å². The minimum atomic E-state index is 0. The predicted molar refractivity (Wildman–Crippen MR) is 35.8 cm³/mol. The Balaban J connectivity index is 0. The predicted octanol–water partition coefficient (Wildman–Crippen LogP) is 1.13. The van der Waals surface area contributed by atoms with E-state index in [4.69, 9.17) is 0 Å². The molecule has 0 saturated carbocycles. The van der Waals surface area contributed by atoms with Crippen LogP contribution in [0, 0.1) is 0 Å². The first kappa shape index (κ1) is 10.3. The van der Waals surface area contributed by atoms with Crippen LogP contribution in [0.4, 0.5) is 0 Å². The largest absolute Gasteiger partial charge is 0.331 e. The molecule has 0 unspecified atom stereocenters. The Bertz CT molecular complexity index is 37.8. The van der Waals surface area contributed by atoms with Crippen LogP contribution in [0.2, 0.25) is 0 Å². The maximum atomic E-state index is 2.18. The lowest BCUT2D eigenvalue weighted by molar-refractivity contribution is -0.868. The van der Waals surface area contributed by atoms with Crippen LogP contribution in [0.3, 0.4) is 0 Å². The molecule has 0 saturated heterocycles. The molecule has 0 aromatic heterocycles. The Morgan fingerprint density at radius 1 is 1.14 bits per heavy atom. The van der Waals surface area contributed by atoms with Crippen LogP contribution in [0.1, 0.15) is 6.92 Å². The zero-order chi connectivity index (χ0) is 5.21. The van der Waals surface area contributed by atoms with Crippen molar-refractivity contribution in [3.8, 4) is 0 Å². The average molecular weight is 125 g/mol. The van der Waals surface area contributed by atoms with Crippen LogP contribution in [0.5, 0.6) is 0 Å². The van der Waals surface area contributed by atoms with Gasteiger partial charge in [-0.05, 0) is 6.92 Å². The van der Waals surface area contributed by atoms with Gasteiger partial charge in [-0.3, -0.25) is 0 Å². The number of nitrogens with zero attached hydrogens (tertiary/aromatic N) is 1. The highest BCUT2D eigenvalue weighted by Crippen LogP contribution is 1.83. The molecule has 0 rings (SSSR count).